The third-order valence-corrected chi connectivity index (χ3v) is 4.02. The van der Waals surface area contributed by atoms with Gasteiger partial charge in [0.05, 0.1) is 0 Å². The molecule has 0 unspecified atom stereocenters. The zero-order valence-corrected chi connectivity index (χ0v) is 10.1. The molecule has 0 aromatic carbocycles. The van der Waals surface area contributed by atoms with Gasteiger partial charge in [0, 0.05) is 18.0 Å². The molecular weight excluding hydrogens is 204 g/mol. The van der Waals surface area contributed by atoms with E-state index in [2.05, 4.69) is 16.3 Å². The van der Waals surface area contributed by atoms with Crippen LogP contribution in [-0.2, 0) is 13.1 Å². The first-order chi connectivity index (χ1) is 7.38. The highest BCUT2D eigenvalue weighted by atomic mass is 32.1. The summed E-state index contributed by atoms with van der Waals surface area (Å²) in [7, 11) is 0. The van der Waals surface area contributed by atoms with Crippen molar-refractivity contribution in [1.82, 2.24) is 4.90 Å². The van der Waals surface area contributed by atoms with Crippen LogP contribution in [-0.4, -0.2) is 18.0 Å². The number of nitrogens with zero attached hydrogens (tertiary/aromatic N) is 1. The lowest BCUT2D eigenvalue weighted by atomic mass is 10.2. The Balaban J connectivity index is 1.89. The third-order valence-electron chi connectivity index (χ3n) is 3.01. The predicted molar refractivity (Wildman–Crippen MR) is 66.0 cm³/mol. The number of thiophene rings is 1. The van der Waals surface area contributed by atoms with Gasteiger partial charge in [-0.05, 0) is 42.9 Å². The van der Waals surface area contributed by atoms with Crippen molar-refractivity contribution in [3.63, 3.8) is 0 Å². The molecule has 1 aliphatic heterocycles. The van der Waals surface area contributed by atoms with Crippen molar-refractivity contribution in [3.8, 4) is 0 Å². The highest BCUT2D eigenvalue weighted by Gasteiger charge is 2.10. The van der Waals surface area contributed by atoms with E-state index in [-0.39, 0.29) is 0 Å². The second kappa shape index (κ2) is 5.64. The van der Waals surface area contributed by atoms with Crippen LogP contribution in [0.25, 0.3) is 0 Å². The lowest BCUT2D eigenvalue weighted by molar-refractivity contribution is 0.277. The molecule has 0 atom stereocenters. The van der Waals surface area contributed by atoms with Gasteiger partial charge in [0.15, 0.2) is 0 Å². The van der Waals surface area contributed by atoms with Gasteiger partial charge in [-0.2, -0.15) is 0 Å². The highest BCUT2D eigenvalue weighted by Crippen LogP contribution is 2.18. The molecule has 0 aliphatic carbocycles. The SMILES string of the molecule is NCc1cc(CN2CCCCCC2)cs1. The Kier molecular flexibility index (Phi) is 4.18. The quantitative estimate of drug-likeness (QED) is 0.855. The molecule has 0 saturated carbocycles. The average molecular weight is 224 g/mol. The molecule has 1 aliphatic rings. The third kappa shape index (κ3) is 3.30. The first-order valence-corrected chi connectivity index (χ1v) is 6.75. The second-order valence-electron chi connectivity index (χ2n) is 4.32. The van der Waals surface area contributed by atoms with Gasteiger partial charge in [-0.15, -0.1) is 11.3 Å². The molecule has 15 heavy (non-hydrogen) atoms. The van der Waals surface area contributed by atoms with Gasteiger partial charge in [-0.25, -0.2) is 0 Å². The van der Waals surface area contributed by atoms with Crippen LogP contribution in [0.4, 0.5) is 0 Å². The molecular formula is C12H20N2S. The van der Waals surface area contributed by atoms with E-state index in [1.807, 2.05) is 0 Å². The Morgan fingerprint density at radius 3 is 2.53 bits per heavy atom. The molecule has 1 aromatic heterocycles. The zero-order chi connectivity index (χ0) is 10.5. The Hall–Kier alpha value is -0.380. The lowest BCUT2D eigenvalue weighted by Gasteiger charge is -2.18. The van der Waals surface area contributed by atoms with Crippen LogP contribution in [0.1, 0.15) is 36.1 Å². The van der Waals surface area contributed by atoms with Crippen molar-refractivity contribution in [1.29, 1.82) is 0 Å². The van der Waals surface area contributed by atoms with E-state index < -0.39 is 0 Å². The first-order valence-electron chi connectivity index (χ1n) is 5.87. The van der Waals surface area contributed by atoms with E-state index in [0.29, 0.717) is 6.54 Å². The summed E-state index contributed by atoms with van der Waals surface area (Å²) in [6.45, 7) is 4.35. The van der Waals surface area contributed by atoms with Crippen LogP contribution in [0.3, 0.4) is 0 Å². The van der Waals surface area contributed by atoms with E-state index >= 15 is 0 Å². The van der Waals surface area contributed by atoms with Crippen LogP contribution < -0.4 is 5.73 Å². The van der Waals surface area contributed by atoms with E-state index in [1.165, 1.54) is 49.2 Å². The number of nitrogens with two attached hydrogens (primary N) is 1. The Morgan fingerprint density at radius 2 is 1.93 bits per heavy atom. The van der Waals surface area contributed by atoms with Crippen LogP contribution in [0.5, 0.6) is 0 Å². The van der Waals surface area contributed by atoms with Gasteiger partial charge < -0.3 is 5.73 Å². The van der Waals surface area contributed by atoms with Crippen LogP contribution in [0.2, 0.25) is 0 Å². The number of hydrogen-bond donors (Lipinski definition) is 1. The van der Waals surface area contributed by atoms with E-state index in [0.717, 1.165) is 6.54 Å². The second-order valence-corrected chi connectivity index (χ2v) is 5.31. The molecule has 2 nitrogen and oxygen atoms in total. The summed E-state index contributed by atoms with van der Waals surface area (Å²) in [6.07, 6.45) is 5.56. The van der Waals surface area contributed by atoms with Crippen molar-refractivity contribution >= 4 is 11.3 Å². The topological polar surface area (TPSA) is 29.3 Å². The van der Waals surface area contributed by atoms with Crippen molar-refractivity contribution in [2.75, 3.05) is 13.1 Å². The van der Waals surface area contributed by atoms with Crippen molar-refractivity contribution in [2.24, 2.45) is 5.73 Å². The van der Waals surface area contributed by atoms with Crippen molar-refractivity contribution in [3.05, 3.63) is 21.9 Å². The van der Waals surface area contributed by atoms with Crippen LogP contribution in [0.15, 0.2) is 11.4 Å². The molecule has 0 amide bonds. The summed E-state index contributed by atoms with van der Waals surface area (Å²) in [4.78, 5) is 3.88. The maximum atomic E-state index is 5.62. The molecule has 0 bridgehead atoms. The standard InChI is InChI=1S/C12H20N2S/c13-8-12-7-11(10-15-12)9-14-5-3-1-2-4-6-14/h7,10H,1-6,8-9,13H2. The summed E-state index contributed by atoms with van der Waals surface area (Å²) < 4.78 is 0. The molecule has 1 saturated heterocycles. The predicted octanol–water partition coefficient (Wildman–Crippen LogP) is 2.58. The van der Waals surface area contributed by atoms with Gasteiger partial charge in [0.1, 0.15) is 0 Å². The summed E-state index contributed by atoms with van der Waals surface area (Å²) in [6, 6.07) is 2.26. The fourth-order valence-corrected chi connectivity index (χ4v) is 2.93. The van der Waals surface area contributed by atoms with Gasteiger partial charge >= 0.3 is 0 Å². The zero-order valence-electron chi connectivity index (χ0n) is 9.24. The maximum absolute atomic E-state index is 5.62. The molecule has 84 valence electrons. The largest absolute Gasteiger partial charge is 0.326 e. The van der Waals surface area contributed by atoms with Crippen LogP contribution in [0, 0.1) is 0 Å². The van der Waals surface area contributed by atoms with E-state index in [4.69, 9.17) is 5.73 Å². The smallest absolute Gasteiger partial charge is 0.0273 e. The maximum Gasteiger partial charge on any atom is 0.0273 e. The molecule has 1 fully saturated rings. The normalized spacial score (nSPS) is 19.0. The minimum atomic E-state index is 0.685. The molecule has 2 rings (SSSR count). The summed E-state index contributed by atoms with van der Waals surface area (Å²) >= 11 is 1.79. The molecule has 2 heterocycles. The Bertz CT molecular complexity index is 288. The van der Waals surface area contributed by atoms with Crippen LogP contribution >= 0.6 is 11.3 Å². The van der Waals surface area contributed by atoms with Crippen molar-refractivity contribution < 1.29 is 0 Å². The van der Waals surface area contributed by atoms with E-state index in [9.17, 15) is 0 Å². The molecule has 3 heteroatoms. The summed E-state index contributed by atoms with van der Waals surface area (Å²) in [5, 5.41) is 2.26. The fourth-order valence-electron chi connectivity index (χ4n) is 2.17. The van der Waals surface area contributed by atoms with Gasteiger partial charge in [0.2, 0.25) is 0 Å². The summed E-state index contributed by atoms with van der Waals surface area (Å²) in [5.41, 5.74) is 7.06. The molecule has 2 N–H and O–H groups in total. The molecule has 0 spiro atoms. The molecule has 1 aromatic rings. The van der Waals surface area contributed by atoms with Gasteiger partial charge in [-0.1, -0.05) is 12.8 Å². The van der Waals surface area contributed by atoms with E-state index in [1.54, 1.807) is 11.3 Å². The average Bonchev–Trinajstić information content (AvgIpc) is 2.54. The minimum absolute atomic E-state index is 0.685. The fraction of sp³-hybridized carbons (Fsp3) is 0.667. The minimum Gasteiger partial charge on any atom is -0.326 e. The summed E-state index contributed by atoms with van der Waals surface area (Å²) in [5.74, 6) is 0. The van der Waals surface area contributed by atoms with Gasteiger partial charge in [0.25, 0.3) is 0 Å². The Labute approximate surface area is 96.1 Å². The number of rotatable bonds is 3. The lowest BCUT2D eigenvalue weighted by Crippen LogP contribution is -2.23. The van der Waals surface area contributed by atoms with Crippen molar-refractivity contribution in [2.45, 2.75) is 38.8 Å². The first kappa shape index (κ1) is 11.1. The monoisotopic (exact) mass is 224 g/mol. The van der Waals surface area contributed by atoms with Gasteiger partial charge in [-0.3, -0.25) is 4.90 Å². The highest BCUT2D eigenvalue weighted by molar-refractivity contribution is 7.10. The Morgan fingerprint density at radius 1 is 1.20 bits per heavy atom. The number of hydrogen-bond acceptors (Lipinski definition) is 3. The number of likely N-dealkylation sites (tertiary alicyclic amines) is 1. The molecule has 0 radical (unpaired) electrons.